The molecule has 0 spiro atoms. The van der Waals surface area contributed by atoms with Crippen molar-refractivity contribution in [1.29, 1.82) is 0 Å². The molecule has 5 nitrogen and oxygen atoms in total. The number of anilines is 2. The van der Waals surface area contributed by atoms with Crippen LogP contribution in [0.5, 0.6) is 0 Å². The predicted molar refractivity (Wildman–Crippen MR) is 85.7 cm³/mol. The Labute approximate surface area is 130 Å². The summed E-state index contributed by atoms with van der Waals surface area (Å²) in [5.74, 6) is -0.852. The predicted octanol–water partition coefficient (Wildman–Crippen LogP) is 4.14. The SMILES string of the molecule is CCOC(=O)c1ccc(NC(=O)Nc2cccc(F)c2)cc1.[HH].[HH]. The molecule has 2 N–H and O–H groups in total. The summed E-state index contributed by atoms with van der Waals surface area (Å²) in [7, 11) is 0. The number of benzene rings is 2. The number of hydrogen-bond acceptors (Lipinski definition) is 3. The van der Waals surface area contributed by atoms with Crippen molar-refractivity contribution in [1.82, 2.24) is 0 Å². The highest BCUT2D eigenvalue weighted by molar-refractivity contribution is 6.00. The average Bonchev–Trinajstić information content (AvgIpc) is 2.48. The summed E-state index contributed by atoms with van der Waals surface area (Å²) in [4.78, 5) is 23.3. The molecule has 0 unspecified atom stereocenters. The smallest absolute Gasteiger partial charge is 0.338 e. The molecule has 0 aromatic heterocycles. The summed E-state index contributed by atoms with van der Waals surface area (Å²) in [5.41, 5.74) is 1.25. The Bertz CT molecular complexity index is 681. The van der Waals surface area contributed by atoms with Crippen LogP contribution in [0.3, 0.4) is 0 Å². The van der Waals surface area contributed by atoms with E-state index in [1.165, 1.54) is 18.2 Å². The second kappa shape index (κ2) is 7.21. The fraction of sp³-hybridized carbons (Fsp3) is 0.125. The lowest BCUT2D eigenvalue weighted by Crippen LogP contribution is -2.19. The number of halogens is 1. The summed E-state index contributed by atoms with van der Waals surface area (Å²) < 4.78 is 17.9. The third-order valence-electron chi connectivity index (χ3n) is 2.74. The van der Waals surface area contributed by atoms with Crippen LogP contribution in [0.4, 0.5) is 20.6 Å². The molecule has 2 rings (SSSR count). The summed E-state index contributed by atoms with van der Waals surface area (Å²) in [5, 5.41) is 5.09. The van der Waals surface area contributed by atoms with Crippen LogP contribution in [0.2, 0.25) is 0 Å². The van der Waals surface area contributed by atoms with Crippen molar-refractivity contribution >= 4 is 23.4 Å². The van der Waals surface area contributed by atoms with Gasteiger partial charge in [-0.15, -0.1) is 0 Å². The molecule has 0 saturated carbocycles. The third kappa shape index (κ3) is 4.31. The fourth-order valence-electron chi connectivity index (χ4n) is 1.76. The maximum Gasteiger partial charge on any atom is 0.338 e. The standard InChI is InChI=1S/C16H15FN2O3.2H2/c1-2-22-15(20)11-6-8-13(9-7-11)18-16(21)19-14-5-3-4-12(17)10-14;;/h3-10H,2H2,1H3,(H2,18,19,21);2*1H. The Morgan fingerprint density at radius 1 is 1.09 bits per heavy atom. The molecular formula is C16H19FN2O3. The van der Waals surface area contributed by atoms with Crippen molar-refractivity contribution in [3.63, 3.8) is 0 Å². The Balaban J connectivity index is 0.00000264. The van der Waals surface area contributed by atoms with Crippen LogP contribution in [0.1, 0.15) is 20.1 Å². The van der Waals surface area contributed by atoms with Crippen LogP contribution in [-0.2, 0) is 4.74 Å². The lowest BCUT2D eigenvalue weighted by Gasteiger charge is -2.08. The van der Waals surface area contributed by atoms with E-state index in [4.69, 9.17) is 4.74 Å². The molecular weight excluding hydrogens is 287 g/mol. The van der Waals surface area contributed by atoms with Crippen LogP contribution in [0, 0.1) is 5.82 Å². The van der Waals surface area contributed by atoms with Crippen LogP contribution < -0.4 is 10.6 Å². The van der Waals surface area contributed by atoms with E-state index in [2.05, 4.69) is 10.6 Å². The first-order valence-electron chi connectivity index (χ1n) is 6.69. The molecule has 0 bridgehead atoms. The van der Waals surface area contributed by atoms with E-state index in [0.29, 0.717) is 23.5 Å². The average molecular weight is 306 g/mol. The van der Waals surface area contributed by atoms with Crippen LogP contribution in [-0.4, -0.2) is 18.6 Å². The highest BCUT2D eigenvalue weighted by Gasteiger charge is 2.07. The first-order chi connectivity index (χ1) is 10.6. The zero-order valence-corrected chi connectivity index (χ0v) is 11.9. The molecule has 0 heterocycles. The minimum atomic E-state index is -0.505. The first-order valence-corrected chi connectivity index (χ1v) is 6.69. The lowest BCUT2D eigenvalue weighted by molar-refractivity contribution is 0.0526. The third-order valence-corrected chi connectivity index (χ3v) is 2.74. The first kappa shape index (κ1) is 15.5. The number of hydrogen-bond donors (Lipinski definition) is 2. The summed E-state index contributed by atoms with van der Waals surface area (Å²) in [6.45, 7) is 2.03. The van der Waals surface area contributed by atoms with Crippen LogP contribution in [0.25, 0.3) is 0 Å². The van der Waals surface area contributed by atoms with Crippen LogP contribution >= 0.6 is 0 Å². The maximum atomic E-state index is 13.0. The molecule has 2 aromatic rings. The number of esters is 1. The van der Waals surface area contributed by atoms with Gasteiger partial charge in [0, 0.05) is 14.2 Å². The highest BCUT2D eigenvalue weighted by atomic mass is 19.1. The number of urea groups is 1. The quantitative estimate of drug-likeness (QED) is 0.834. The topological polar surface area (TPSA) is 67.4 Å². The largest absolute Gasteiger partial charge is 0.462 e. The van der Waals surface area contributed by atoms with Gasteiger partial charge in [-0.3, -0.25) is 0 Å². The van der Waals surface area contributed by atoms with Gasteiger partial charge in [0.2, 0.25) is 0 Å². The summed E-state index contributed by atoms with van der Waals surface area (Å²) in [6, 6.07) is 11.3. The van der Waals surface area contributed by atoms with E-state index < -0.39 is 17.8 Å². The Morgan fingerprint density at radius 3 is 2.41 bits per heavy atom. The normalized spacial score (nSPS) is 9.91. The number of carbonyl (C=O) groups is 2. The van der Waals surface area contributed by atoms with Gasteiger partial charge in [-0.05, 0) is 49.4 Å². The number of carbonyl (C=O) groups excluding carboxylic acids is 2. The van der Waals surface area contributed by atoms with Crippen molar-refractivity contribution < 1.29 is 21.6 Å². The van der Waals surface area contributed by atoms with E-state index in [0.717, 1.165) is 0 Å². The van der Waals surface area contributed by atoms with Gasteiger partial charge in [0.05, 0.1) is 12.2 Å². The second-order valence-corrected chi connectivity index (χ2v) is 4.39. The van der Waals surface area contributed by atoms with Gasteiger partial charge in [0.1, 0.15) is 5.82 Å². The van der Waals surface area contributed by atoms with Gasteiger partial charge in [-0.2, -0.15) is 0 Å². The molecule has 2 amide bonds. The van der Waals surface area contributed by atoms with E-state index in [1.807, 2.05) is 0 Å². The molecule has 2 aromatic carbocycles. The van der Waals surface area contributed by atoms with Crippen molar-refractivity contribution in [2.24, 2.45) is 0 Å². The van der Waals surface area contributed by atoms with Crippen LogP contribution in [0.15, 0.2) is 48.5 Å². The maximum absolute atomic E-state index is 13.0. The molecule has 0 aliphatic carbocycles. The van der Waals surface area contributed by atoms with Crippen molar-refractivity contribution in [3.8, 4) is 0 Å². The van der Waals surface area contributed by atoms with E-state index >= 15 is 0 Å². The molecule has 0 fully saturated rings. The van der Waals surface area contributed by atoms with Gasteiger partial charge >= 0.3 is 12.0 Å². The molecule has 118 valence electrons. The van der Waals surface area contributed by atoms with Gasteiger partial charge in [-0.25, -0.2) is 14.0 Å². The van der Waals surface area contributed by atoms with Gasteiger partial charge in [-0.1, -0.05) is 6.07 Å². The Morgan fingerprint density at radius 2 is 1.77 bits per heavy atom. The Hall–Kier alpha value is -2.89. The zero-order valence-electron chi connectivity index (χ0n) is 11.9. The molecule has 0 aliphatic rings. The van der Waals surface area contributed by atoms with Gasteiger partial charge in [0.15, 0.2) is 0 Å². The second-order valence-electron chi connectivity index (χ2n) is 4.39. The van der Waals surface area contributed by atoms with E-state index in [-0.39, 0.29) is 2.85 Å². The number of ether oxygens (including phenoxy) is 1. The van der Waals surface area contributed by atoms with Crippen molar-refractivity contribution in [2.45, 2.75) is 6.92 Å². The summed E-state index contributed by atoms with van der Waals surface area (Å²) in [6.07, 6.45) is 0. The minimum Gasteiger partial charge on any atom is -0.462 e. The van der Waals surface area contributed by atoms with Crippen molar-refractivity contribution in [3.05, 3.63) is 59.9 Å². The van der Waals surface area contributed by atoms with E-state index in [1.54, 1.807) is 37.3 Å². The molecule has 22 heavy (non-hydrogen) atoms. The Kier molecular flexibility index (Phi) is 5.08. The number of amides is 2. The lowest BCUT2D eigenvalue weighted by atomic mass is 10.2. The van der Waals surface area contributed by atoms with E-state index in [9.17, 15) is 14.0 Å². The molecule has 0 radical (unpaired) electrons. The zero-order chi connectivity index (χ0) is 15.9. The van der Waals surface area contributed by atoms with Gasteiger partial charge < -0.3 is 15.4 Å². The fourth-order valence-corrected chi connectivity index (χ4v) is 1.76. The van der Waals surface area contributed by atoms with Gasteiger partial charge in [0.25, 0.3) is 0 Å². The number of rotatable bonds is 4. The molecule has 6 heteroatoms. The molecule has 0 aliphatic heterocycles. The summed E-state index contributed by atoms with van der Waals surface area (Å²) >= 11 is 0. The monoisotopic (exact) mass is 306 g/mol. The molecule has 0 saturated heterocycles. The number of nitrogens with one attached hydrogen (secondary N) is 2. The minimum absolute atomic E-state index is 0. The highest BCUT2D eigenvalue weighted by Crippen LogP contribution is 2.13. The van der Waals surface area contributed by atoms with Crippen molar-refractivity contribution in [2.75, 3.05) is 17.2 Å². The molecule has 0 atom stereocenters.